The molecule has 0 amide bonds. The fourth-order valence-electron chi connectivity index (χ4n) is 2.77. The van der Waals surface area contributed by atoms with Gasteiger partial charge in [-0.1, -0.05) is 19.4 Å². The Kier molecular flexibility index (Phi) is 5.62. The molecule has 0 bridgehead atoms. The third kappa shape index (κ3) is 3.97. The minimum Gasteiger partial charge on any atom is -0.479 e. The van der Waals surface area contributed by atoms with Gasteiger partial charge >= 0.3 is 5.97 Å². The molecule has 0 fully saturated rings. The largest absolute Gasteiger partial charge is 0.479 e. The first kappa shape index (κ1) is 15.8. The van der Waals surface area contributed by atoms with Gasteiger partial charge in [0.1, 0.15) is 5.75 Å². The second-order valence-corrected chi connectivity index (χ2v) is 5.51. The van der Waals surface area contributed by atoms with Gasteiger partial charge in [-0.3, -0.25) is 0 Å². The molecule has 0 heterocycles. The third-order valence-corrected chi connectivity index (χ3v) is 3.86. The van der Waals surface area contributed by atoms with Crippen LogP contribution in [0.5, 0.6) is 5.75 Å². The number of nitrogens with two attached hydrogens (primary N) is 1. The van der Waals surface area contributed by atoms with Crippen molar-refractivity contribution in [3.05, 3.63) is 29.3 Å². The van der Waals surface area contributed by atoms with Crippen LogP contribution in [0.4, 0.5) is 0 Å². The number of benzene rings is 1. The summed E-state index contributed by atoms with van der Waals surface area (Å²) in [5, 5.41) is 0. The molecule has 1 aliphatic carbocycles. The molecule has 2 rings (SSSR count). The highest BCUT2D eigenvalue weighted by Crippen LogP contribution is 2.31. The van der Waals surface area contributed by atoms with E-state index in [0.29, 0.717) is 18.8 Å². The molecule has 2 atom stereocenters. The lowest BCUT2D eigenvalue weighted by Crippen LogP contribution is -2.29. The first-order valence-electron chi connectivity index (χ1n) is 7.87. The molecule has 4 heteroatoms. The molecule has 2 N–H and O–H groups in total. The number of esters is 1. The standard InChI is InChI=1S/C17H25NO3/c1-3-6-16(17(19)20-4-2)21-13-10-9-12-7-5-8-15(18)14(12)11-13/h9-11,15-16H,3-8,18H2,1-2H3. The summed E-state index contributed by atoms with van der Waals surface area (Å²) in [4.78, 5) is 11.9. The topological polar surface area (TPSA) is 61.5 Å². The molecular weight excluding hydrogens is 266 g/mol. The van der Waals surface area contributed by atoms with E-state index in [1.54, 1.807) is 6.92 Å². The number of carbonyl (C=O) groups is 1. The van der Waals surface area contributed by atoms with Crippen molar-refractivity contribution in [3.8, 4) is 5.75 Å². The van der Waals surface area contributed by atoms with Crippen molar-refractivity contribution >= 4 is 5.97 Å². The van der Waals surface area contributed by atoms with Crippen LogP contribution in [-0.4, -0.2) is 18.7 Å². The predicted molar refractivity (Wildman–Crippen MR) is 82.3 cm³/mol. The van der Waals surface area contributed by atoms with Gasteiger partial charge in [0, 0.05) is 6.04 Å². The minimum absolute atomic E-state index is 0.0736. The maximum atomic E-state index is 11.9. The Hall–Kier alpha value is -1.55. The van der Waals surface area contributed by atoms with Gasteiger partial charge in [0.25, 0.3) is 0 Å². The van der Waals surface area contributed by atoms with Gasteiger partial charge in [0.05, 0.1) is 6.61 Å². The molecule has 116 valence electrons. The Balaban J connectivity index is 2.13. The molecule has 2 unspecified atom stereocenters. The van der Waals surface area contributed by atoms with Crippen LogP contribution in [-0.2, 0) is 16.0 Å². The fourth-order valence-corrected chi connectivity index (χ4v) is 2.77. The average Bonchev–Trinajstić information content (AvgIpc) is 2.48. The Labute approximate surface area is 126 Å². The van der Waals surface area contributed by atoms with E-state index in [1.807, 2.05) is 19.1 Å². The Morgan fingerprint density at radius 1 is 1.43 bits per heavy atom. The molecule has 21 heavy (non-hydrogen) atoms. The van der Waals surface area contributed by atoms with Crippen LogP contribution in [0.1, 0.15) is 56.7 Å². The number of carbonyl (C=O) groups excluding carboxylic acids is 1. The quantitative estimate of drug-likeness (QED) is 0.818. The van der Waals surface area contributed by atoms with Crippen molar-refractivity contribution in [1.82, 2.24) is 0 Å². The second-order valence-electron chi connectivity index (χ2n) is 5.51. The predicted octanol–water partition coefficient (Wildman–Crippen LogP) is 3.13. The van der Waals surface area contributed by atoms with Crippen LogP contribution in [0.3, 0.4) is 0 Å². The fraction of sp³-hybridized carbons (Fsp3) is 0.588. The highest BCUT2D eigenvalue weighted by Gasteiger charge is 2.22. The lowest BCUT2D eigenvalue weighted by Gasteiger charge is -2.24. The Morgan fingerprint density at radius 2 is 2.24 bits per heavy atom. The maximum Gasteiger partial charge on any atom is 0.347 e. The van der Waals surface area contributed by atoms with Crippen LogP contribution in [0.25, 0.3) is 0 Å². The SMILES string of the molecule is CCCC(Oc1ccc2c(c1)C(N)CCC2)C(=O)OCC. The zero-order chi connectivity index (χ0) is 15.2. The van der Waals surface area contributed by atoms with Crippen LogP contribution in [0.15, 0.2) is 18.2 Å². The van der Waals surface area contributed by atoms with Gasteiger partial charge in [0.2, 0.25) is 0 Å². The van der Waals surface area contributed by atoms with E-state index in [0.717, 1.165) is 31.2 Å². The zero-order valence-electron chi connectivity index (χ0n) is 12.9. The van der Waals surface area contributed by atoms with Crippen molar-refractivity contribution in [2.45, 2.75) is 58.1 Å². The molecule has 1 aliphatic rings. The summed E-state index contributed by atoms with van der Waals surface area (Å²) in [6, 6.07) is 6.06. The van der Waals surface area contributed by atoms with Gasteiger partial charge in [-0.05, 0) is 55.9 Å². The van der Waals surface area contributed by atoms with Gasteiger partial charge in [-0.15, -0.1) is 0 Å². The number of fused-ring (bicyclic) bond motifs is 1. The molecule has 0 spiro atoms. The van der Waals surface area contributed by atoms with Crippen molar-refractivity contribution in [3.63, 3.8) is 0 Å². The molecule has 4 nitrogen and oxygen atoms in total. The molecular formula is C17H25NO3. The number of ether oxygens (including phenoxy) is 2. The number of hydrogen-bond donors (Lipinski definition) is 1. The van der Waals surface area contributed by atoms with Crippen LogP contribution in [0.2, 0.25) is 0 Å². The van der Waals surface area contributed by atoms with Crippen LogP contribution in [0, 0.1) is 0 Å². The molecule has 0 aliphatic heterocycles. The van der Waals surface area contributed by atoms with E-state index in [9.17, 15) is 4.79 Å². The van der Waals surface area contributed by atoms with Crippen molar-refractivity contribution in [1.29, 1.82) is 0 Å². The van der Waals surface area contributed by atoms with Crippen molar-refractivity contribution < 1.29 is 14.3 Å². The molecule has 1 aromatic carbocycles. The van der Waals surface area contributed by atoms with Crippen molar-refractivity contribution in [2.75, 3.05) is 6.61 Å². The summed E-state index contributed by atoms with van der Waals surface area (Å²) in [5.41, 5.74) is 8.61. The zero-order valence-corrected chi connectivity index (χ0v) is 12.9. The maximum absolute atomic E-state index is 11.9. The van der Waals surface area contributed by atoms with Crippen molar-refractivity contribution in [2.24, 2.45) is 5.73 Å². The Bertz CT molecular complexity index is 487. The molecule has 0 radical (unpaired) electrons. The number of hydrogen-bond acceptors (Lipinski definition) is 4. The molecule has 0 aromatic heterocycles. The van der Waals surface area contributed by atoms with Gasteiger partial charge in [-0.25, -0.2) is 4.79 Å². The number of rotatable bonds is 6. The average molecular weight is 291 g/mol. The van der Waals surface area contributed by atoms with Gasteiger partial charge < -0.3 is 15.2 Å². The van der Waals surface area contributed by atoms with E-state index < -0.39 is 6.10 Å². The highest BCUT2D eigenvalue weighted by atomic mass is 16.6. The normalized spacial score (nSPS) is 18.7. The van der Waals surface area contributed by atoms with E-state index in [-0.39, 0.29) is 12.0 Å². The molecule has 0 saturated carbocycles. The highest BCUT2D eigenvalue weighted by molar-refractivity contribution is 5.75. The summed E-state index contributed by atoms with van der Waals surface area (Å²) in [6.45, 7) is 4.20. The third-order valence-electron chi connectivity index (χ3n) is 3.86. The van der Waals surface area contributed by atoms with E-state index >= 15 is 0 Å². The minimum atomic E-state index is -0.534. The van der Waals surface area contributed by atoms with E-state index in [4.69, 9.17) is 15.2 Å². The summed E-state index contributed by atoms with van der Waals surface area (Å²) in [5.74, 6) is 0.416. The first-order valence-corrected chi connectivity index (χ1v) is 7.87. The lowest BCUT2D eigenvalue weighted by molar-refractivity contribution is -0.151. The summed E-state index contributed by atoms with van der Waals surface area (Å²) in [6.07, 6.45) is 4.20. The first-order chi connectivity index (χ1) is 10.2. The smallest absolute Gasteiger partial charge is 0.347 e. The van der Waals surface area contributed by atoms with Gasteiger partial charge in [-0.2, -0.15) is 0 Å². The van der Waals surface area contributed by atoms with E-state index in [1.165, 1.54) is 5.56 Å². The van der Waals surface area contributed by atoms with Crippen LogP contribution < -0.4 is 10.5 Å². The summed E-state index contributed by atoms with van der Waals surface area (Å²) < 4.78 is 10.9. The van der Waals surface area contributed by atoms with Gasteiger partial charge in [0.15, 0.2) is 6.10 Å². The van der Waals surface area contributed by atoms with E-state index in [2.05, 4.69) is 6.07 Å². The number of aryl methyl sites for hydroxylation is 1. The van der Waals surface area contributed by atoms with Crippen LogP contribution >= 0.6 is 0 Å². The summed E-state index contributed by atoms with van der Waals surface area (Å²) >= 11 is 0. The molecule has 0 saturated heterocycles. The second kappa shape index (κ2) is 7.46. The summed E-state index contributed by atoms with van der Waals surface area (Å²) in [7, 11) is 0. The molecule has 1 aromatic rings. The lowest BCUT2D eigenvalue weighted by atomic mass is 9.88. The Morgan fingerprint density at radius 3 is 2.95 bits per heavy atom. The monoisotopic (exact) mass is 291 g/mol.